The smallest absolute Gasteiger partial charge is 0.229 e. The minimum atomic E-state index is 0.283. The molecule has 0 fully saturated rings. The fraction of sp³-hybridized carbons (Fsp3) is 0.833. The molecule has 1 heterocycles. The summed E-state index contributed by atoms with van der Waals surface area (Å²) >= 11 is 0. The van der Waals surface area contributed by atoms with Crippen LogP contribution in [0.25, 0.3) is 0 Å². The topological polar surface area (TPSA) is 64.9 Å². The van der Waals surface area contributed by atoms with Gasteiger partial charge in [0.2, 0.25) is 5.89 Å². The molecule has 0 amide bonds. The molecule has 1 aromatic heterocycles. The number of nitrogens with zero attached hydrogens (tertiary/aromatic N) is 2. The Labute approximate surface area is 97.6 Å². The standard InChI is InChI=1S/C12H23N3O/c1-4-6-11-14-12(16-15-11)9(2)7-5-8-10(3)13/h9-10H,4-8,13H2,1-3H3. The predicted octanol–water partition coefficient (Wildman–Crippen LogP) is 2.64. The van der Waals surface area contributed by atoms with Crippen molar-refractivity contribution in [2.45, 2.75) is 64.8 Å². The van der Waals surface area contributed by atoms with Crippen LogP contribution in [0.4, 0.5) is 0 Å². The summed E-state index contributed by atoms with van der Waals surface area (Å²) in [5.74, 6) is 1.95. The second-order valence-electron chi connectivity index (χ2n) is 4.61. The molecule has 1 rings (SSSR count). The summed E-state index contributed by atoms with van der Waals surface area (Å²) in [7, 11) is 0. The number of aryl methyl sites for hydroxylation is 1. The fourth-order valence-corrected chi connectivity index (χ4v) is 1.66. The van der Waals surface area contributed by atoms with Crippen LogP contribution < -0.4 is 5.73 Å². The highest BCUT2D eigenvalue weighted by atomic mass is 16.5. The number of hydrogen-bond acceptors (Lipinski definition) is 4. The monoisotopic (exact) mass is 225 g/mol. The highest BCUT2D eigenvalue weighted by Gasteiger charge is 2.13. The summed E-state index contributed by atoms with van der Waals surface area (Å²) < 4.78 is 5.24. The maximum absolute atomic E-state index is 5.71. The number of aromatic nitrogens is 2. The van der Waals surface area contributed by atoms with Gasteiger partial charge in [-0.1, -0.05) is 25.4 Å². The van der Waals surface area contributed by atoms with Gasteiger partial charge in [-0.2, -0.15) is 4.98 Å². The fourth-order valence-electron chi connectivity index (χ4n) is 1.66. The molecule has 2 atom stereocenters. The van der Waals surface area contributed by atoms with Gasteiger partial charge in [0, 0.05) is 18.4 Å². The van der Waals surface area contributed by atoms with Gasteiger partial charge in [-0.25, -0.2) is 0 Å². The molecule has 0 aromatic carbocycles. The second-order valence-corrected chi connectivity index (χ2v) is 4.61. The summed E-state index contributed by atoms with van der Waals surface area (Å²) in [6.45, 7) is 6.28. The normalized spacial score (nSPS) is 15.0. The Balaban J connectivity index is 2.36. The maximum atomic E-state index is 5.71. The lowest BCUT2D eigenvalue weighted by Gasteiger charge is -2.07. The van der Waals surface area contributed by atoms with E-state index in [9.17, 15) is 0 Å². The first-order valence-corrected chi connectivity index (χ1v) is 6.21. The van der Waals surface area contributed by atoms with Crippen molar-refractivity contribution in [3.63, 3.8) is 0 Å². The number of rotatable bonds is 7. The largest absolute Gasteiger partial charge is 0.339 e. The average molecular weight is 225 g/mol. The van der Waals surface area contributed by atoms with E-state index < -0.39 is 0 Å². The molecule has 2 N–H and O–H groups in total. The van der Waals surface area contributed by atoms with Crippen LogP contribution in [0.3, 0.4) is 0 Å². The molecule has 4 heteroatoms. The first-order chi connectivity index (χ1) is 7.63. The van der Waals surface area contributed by atoms with E-state index in [1.54, 1.807) is 0 Å². The van der Waals surface area contributed by atoms with Gasteiger partial charge in [0.1, 0.15) is 0 Å². The van der Waals surface area contributed by atoms with Gasteiger partial charge in [0.05, 0.1) is 0 Å². The van der Waals surface area contributed by atoms with Crippen LogP contribution in [0.15, 0.2) is 4.52 Å². The van der Waals surface area contributed by atoms with Crippen LogP contribution in [0.5, 0.6) is 0 Å². The Morgan fingerprint density at radius 1 is 1.31 bits per heavy atom. The Morgan fingerprint density at radius 2 is 2.06 bits per heavy atom. The van der Waals surface area contributed by atoms with E-state index >= 15 is 0 Å². The molecule has 16 heavy (non-hydrogen) atoms. The van der Waals surface area contributed by atoms with Gasteiger partial charge in [-0.05, 0) is 26.2 Å². The minimum Gasteiger partial charge on any atom is -0.339 e. The average Bonchev–Trinajstić information content (AvgIpc) is 2.66. The van der Waals surface area contributed by atoms with Gasteiger partial charge < -0.3 is 10.3 Å². The summed E-state index contributed by atoms with van der Waals surface area (Å²) in [5.41, 5.74) is 5.71. The molecule has 4 nitrogen and oxygen atoms in total. The van der Waals surface area contributed by atoms with Crippen molar-refractivity contribution in [1.82, 2.24) is 10.1 Å². The lowest BCUT2D eigenvalue weighted by atomic mass is 10.0. The second kappa shape index (κ2) is 6.63. The molecule has 0 saturated heterocycles. The van der Waals surface area contributed by atoms with Gasteiger partial charge in [-0.15, -0.1) is 0 Å². The van der Waals surface area contributed by atoms with E-state index in [1.165, 1.54) is 0 Å². The van der Waals surface area contributed by atoms with Crippen LogP contribution in [-0.2, 0) is 6.42 Å². The molecule has 1 aromatic rings. The minimum absolute atomic E-state index is 0.283. The van der Waals surface area contributed by atoms with Crippen LogP contribution in [0, 0.1) is 0 Å². The Bertz CT molecular complexity index is 296. The molecule has 0 bridgehead atoms. The van der Waals surface area contributed by atoms with Crippen molar-refractivity contribution in [2.24, 2.45) is 5.73 Å². The van der Waals surface area contributed by atoms with E-state index in [0.29, 0.717) is 5.92 Å². The zero-order valence-electron chi connectivity index (χ0n) is 10.6. The molecule has 2 unspecified atom stereocenters. The Hall–Kier alpha value is -0.900. The lowest BCUT2D eigenvalue weighted by molar-refractivity contribution is 0.345. The molecule has 92 valence electrons. The van der Waals surface area contributed by atoms with Crippen molar-refractivity contribution >= 4 is 0 Å². The maximum Gasteiger partial charge on any atom is 0.229 e. The van der Waals surface area contributed by atoms with Gasteiger partial charge in [0.25, 0.3) is 0 Å². The Morgan fingerprint density at radius 3 is 2.69 bits per heavy atom. The van der Waals surface area contributed by atoms with E-state index in [0.717, 1.165) is 43.8 Å². The van der Waals surface area contributed by atoms with Crippen molar-refractivity contribution in [3.8, 4) is 0 Å². The molecule has 0 saturated carbocycles. The van der Waals surface area contributed by atoms with E-state index in [1.807, 2.05) is 6.92 Å². The van der Waals surface area contributed by atoms with Crippen molar-refractivity contribution < 1.29 is 4.52 Å². The van der Waals surface area contributed by atoms with Crippen LogP contribution >= 0.6 is 0 Å². The van der Waals surface area contributed by atoms with Gasteiger partial charge in [0.15, 0.2) is 5.82 Å². The first kappa shape index (κ1) is 13.2. The molecular weight excluding hydrogens is 202 g/mol. The molecule has 0 aliphatic heterocycles. The number of nitrogens with two attached hydrogens (primary N) is 1. The number of hydrogen-bond donors (Lipinski definition) is 1. The zero-order chi connectivity index (χ0) is 12.0. The highest BCUT2D eigenvalue weighted by molar-refractivity contribution is 4.92. The SMILES string of the molecule is CCCc1noc(C(C)CCCC(C)N)n1. The summed E-state index contributed by atoms with van der Waals surface area (Å²) in [4.78, 5) is 4.39. The predicted molar refractivity (Wildman–Crippen MR) is 64.2 cm³/mol. The zero-order valence-corrected chi connectivity index (χ0v) is 10.6. The van der Waals surface area contributed by atoms with E-state index in [2.05, 4.69) is 24.0 Å². The third-order valence-corrected chi connectivity index (χ3v) is 2.68. The third-order valence-electron chi connectivity index (χ3n) is 2.68. The summed E-state index contributed by atoms with van der Waals surface area (Å²) in [5, 5.41) is 3.96. The van der Waals surface area contributed by atoms with Gasteiger partial charge in [-0.3, -0.25) is 0 Å². The molecular formula is C12H23N3O. The molecule has 0 spiro atoms. The highest BCUT2D eigenvalue weighted by Crippen LogP contribution is 2.20. The molecule has 0 radical (unpaired) electrons. The van der Waals surface area contributed by atoms with Crippen molar-refractivity contribution in [1.29, 1.82) is 0 Å². The van der Waals surface area contributed by atoms with Crippen LogP contribution in [0.2, 0.25) is 0 Å². The Kier molecular flexibility index (Phi) is 5.46. The van der Waals surface area contributed by atoms with Crippen molar-refractivity contribution in [3.05, 3.63) is 11.7 Å². The molecule has 0 aliphatic rings. The van der Waals surface area contributed by atoms with Crippen LogP contribution in [0.1, 0.15) is 64.1 Å². The van der Waals surface area contributed by atoms with Gasteiger partial charge >= 0.3 is 0 Å². The van der Waals surface area contributed by atoms with E-state index in [4.69, 9.17) is 10.3 Å². The first-order valence-electron chi connectivity index (χ1n) is 6.21. The van der Waals surface area contributed by atoms with Crippen molar-refractivity contribution in [2.75, 3.05) is 0 Å². The van der Waals surface area contributed by atoms with Crippen LogP contribution in [-0.4, -0.2) is 16.2 Å². The quantitative estimate of drug-likeness (QED) is 0.774. The lowest BCUT2D eigenvalue weighted by Crippen LogP contribution is -2.14. The van der Waals surface area contributed by atoms with E-state index in [-0.39, 0.29) is 6.04 Å². The summed E-state index contributed by atoms with van der Waals surface area (Å²) in [6.07, 6.45) is 5.19. The summed E-state index contributed by atoms with van der Waals surface area (Å²) in [6, 6.07) is 0.283. The molecule has 0 aliphatic carbocycles. The third kappa shape index (κ3) is 4.31.